The third-order valence-corrected chi connectivity index (χ3v) is 9.22. The van der Waals surface area contributed by atoms with Gasteiger partial charge in [0.15, 0.2) is 5.43 Å². The number of ether oxygens (including phenoxy) is 1. The van der Waals surface area contributed by atoms with E-state index in [0.717, 1.165) is 24.0 Å². The van der Waals surface area contributed by atoms with Gasteiger partial charge in [0.1, 0.15) is 5.60 Å². The molecule has 0 bridgehead atoms. The number of pyridine rings is 2. The van der Waals surface area contributed by atoms with E-state index in [1.54, 1.807) is 66.0 Å². The number of fused-ring (bicyclic) bond motifs is 2. The Balaban J connectivity index is 1.21. The van der Waals surface area contributed by atoms with Gasteiger partial charge in [-0.2, -0.15) is 5.10 Å². The highest BCUT2D eigenvalue weighted by molar-refractivity contribution is 7.88. The van der Waals surface area contributed by atoms with E-state index in [0.29, 0.717) is 46.0 Å². The quantitative estimate of drug-likeness (QED) is 0.257. The fourth-order valence-electron chi connectivity index (χ4n) is 5.58. The van der Waals surface area contributed by atoms with Gasteiger partial charge in [-0.1, -0.05) is 24.3 Å². The van der Waals surface area contributed by atoms with Crippen molar-refractivity contribution >= 4 is 37.8 Å². The lowest BCUT2D eigenvalue weighted by Gasteiger charge is -2.33. The summed E-state index contributed by atoms with van der Waals surface area (Å²) in [4.78, 5) is 36.8. The zero-order valence-corrected chi connectivity index (χ0v) is 26.8. The van der Waals surface area contributed by atoms with Crippen molar-refractivity contribution in [2.75, 3.05) is 13.1 Å². The molecule has 1 N–H and O–H groups in total. The van der Waals surface area contributed by atoms with Crippen LogP contribution in [0, 0.1) is 0 Å². The zero-order valence-electron chi connectivity index (χ0n) is 26.0. The van der Waals surface area contributed by atoms with Gasteiger partial charge in [-0.25, -0.2) is 17.9 Å². The molecule has 0 spiro atoms. The first-order valence-corrected chi connectivity index (χ1v) is 16.8. The van der Waals surface area contributed by atoms with E-state index >= 15 is 0 Å². The van der Waals surface area contributed by atoms with Crippen molar-refractivity contribution in [1.82, 2.24) is 29.4 Å². The molecule has 46 heavy (non-hydrogen) atoms. The van der Waals surface area contributed by atoms with Crippen LogP contribution >= 0.6 is 0 Å². The summed E-state index contributed by atoms with van der Waals surface area (Å²) in [5.41, 5.74) is 2.46. The summed E-state index contributed by atoms with van der Waals surface area (Å²) in [6.07, 6.45) is 8.25. The predicted molar refractivity (Wildman–Crippen MR) is 177 cm³/mol. The van der Waals surface area contributed by atoms with Gasteiger partial charge in [0.2, 0.25) is 10.0 Å². The molecule has 0 saturated carbocycles. The van der Waals surface area contributed by atoms with E-state index in [1.807, 2.05) is 43.8 Å². The number of rotatable bonds is 7. The molecule has 1 aliphatic rings. The smallest absolute Gasteiger partial charge is 0.410 e. The van der Waals surface area contributed by atoms with E-state index in [-0.39, 0.29) is 29.9 Å². The molecule has 4 heterocycles. The van der Waals surface area contributed by atoms with Gasteiger partial charge >= 0.3 is 6.09 Å². The molecule has 0 aliphatic carbocycles. The molecule has 2 aromatic carbocycles. The van der Waals surface area contributed by atoms with Gasteiger partial charge in [-0.15, -0.1) is 0 Å². The molecule has 6 rings (SSSR count). The number of hydrogen-bond acceptors (Lipinski definition) is 8. The van der Waals surface area contributed by atoms with Crippen LogP contribution < -0.4 is 10.2 Å². The number of nitrogens with one attached hydrogen (secondary N) is 1. The summed E-state index contributed by atoms with van der Waals surface area (Å²) in [6.45, 7) is 6.82. The number of piperidine rings is 1. The molecule has 0 unspecified atom stereocenters. The summed E-state index contributed by atoms with van der Waals surface area (Å²) in [7, 11) is -3.68. The van der Waals surface area contributed by atoms with Crippen molar-refractivity contribution in [2.45, 2.75) is 57.6 Å². The molecule has 1 fully saturated rings. The van der Waals surface area contributed by atoms with Crippen LogP contribution in [0.15, 0.2) is 84.2 Å². The standard InChI is InChI=1S/C34H36N6O5S/c1-34(2,3)45-33(42)39-14-11-28(12-15-39)40-21-26(19-37-40)25-17-30-31(36-18-25)10-9-24-8-7-23(16-29(24)32(30)41)22-46(43,44)38-20-27-6-4-5-13-35-27/h4-10,13,16-19,21,28,38H,11-12,14-15,20,22H2,1-3H3. The van der Waals surface area contributed by atoms with Gasteiger partial charge < -0.3 is 9.64 Å². The van der Waals surface area contributed by atoms with E-state index < -0.39 is 15.6 Å². The number of hydrogen-bond donors (Lipinski definition) is 1. The third-order valence-electron chi connectivity index (χ3n) is 7.93. The highest BCUT2D eigenvalue weighted by atomic mass is 32.2. The summed E-state index contributed by atoms with van der Waals surface area (Å²) < 4.78 is 35.7. The van der Waals surface area contributed by atoms with Crippen LogP contribution in [0.5, 0.6) is 0 Å². The Hall–Kier alpha value is -4.68. The number of nitrogens with zero attached hydrogens (tertiary/aromatic N) is 5. The van der Waals surface area contributed by atoms with Crippen LogP contribution in [0.4, 0.5) is 4.79 Å². The van der Waals surface area contributed by atoms with Gasteiger partial charge in [-0.05, 0) is 74.9 Å². The maximum atomic E-state index is 13.8. The van der Waals surface area contributed by atoms with E-state index in [2.05, 4.69) is 19.8 Å². The molecule has 1 aliphatic heterocycles. The summed E-state index contributed by atoms with van der Waals surface area (Å²) in [5, 5.41) is 6.14. The second-order valence-corrected chi connectivity index (χ2v) is 14.4. The predicted octanol–water partition coefficient (Wildman–Crippen LogP) is 5.20. The molecule has 0 radical (unpaired) electrons. The first-order valence-electron chi connectivity index (χ1n) is 15.2. The maximum Gasteiger partial charge on any atom is 0.410 e. The average Bonchev–Trinajstić information content (AvgIpc) is 3.48. The van der Waals surface area contributed by atoms with Crippen LogP contribution in [0.3, 0.4) is 0 Å². The molecule has 5 aromatic rings. The van der Waals surface area contributed by atoms with Crippen molar-refractivity contribution in [2.24, 2.45) is 0 Å². The SMILES string of the molecule is CC(C)(C)OC(=O)N1CCC(n2cc(-c3cnc4ccc5ccc(CS(=O)(=O)NCc6ccccn6)cc5c(=O)c4c3)cn2)CC1. The largest absolute Gasteiger partial charge is 0.444 e. The van der Waals surface area contributed by atoms with Gasteiger partial charge in [0, 0.05) is 53.6 Å². The number of sulfonamides is 1. The second kappa shape index (κ2) is 12.6. The second-order valence-electron chi connectivity index (χ2n) is 12.5. The minimum Gasteiger partial charge on any atom is -0.444 e. The van der Waals surface area contributed by atoms with Crippen LogP contribution in [0.1, 0.15) is 50.9 Å². The maximum absolute atomic E-state index is 13.8. The lowest BCUT2D eigenvalue weighted by molar-refractivity contribution is 0.0184. The molecule has 3 aromatic heterocycles. The van der Waals surface area contributed by atoms with Gasteiger partial charge in [0.25, 0.3) is 0 Å². The fraction of sp³-hybridized carbons (Fsp3) is 0.324. The summed E-state index contributed by atoms with van der Waals surface area (Å²) in [6, 6.07) is 16.0. The first-order chi connectivity index (χ1) is 21.9. The highest BCUT2D eigenvalue weighted by Gasteiger charge is 2.28. The Bertz CT molecular complexity index is 2070. The number of amides is 1. The third kappa shape index (κ3) is 7.24. The van der Waals surface area contributed by atoms with Crippen LogP contribution in [0.2, 0.25) is 0 Å². The number of carbonyl (C=O) groups is 1. The Morgan fingerprint density at radius 3 is 2.50 bits per heavy atom. The van der Waals surface area contributed by atoms with Crippen molar-refractivity contribution in [3.63, 3.8) is 0 Å². The Kier molecular flexibility index (Phi) is 8.58. The summed E-state index contributed by atoms with van der Waals surface area (Å²) in [5.74, 6) is -0.273. The lowest BCUT2D eigenvalue weighted by Crippen LogP contribution is -2.42. The Morgan fingerprint density at radius 2 is 1.76 bits per heavy atom. The Morgan fingerprint density at radius 1 is 0.978 bits per heavy atom. The number of benzene rings is 1. The molecule has 1 saturated heterocycles. The van der Waals surface area contributed by atoms with Crippen molar-refractivity contribution in [3.05, 3.63) is 101 Å². The zero-order chi connectivity index (χ0) is 32.5. The normalized spacial score (nSPS) is 14.5. The monoisotopic (exact) mass is 640 g/mol. The fourth-order valence-corrected chi connectivity index (χ4v) is 6.67. The molecule has 1 amide bonds. The number of likely N-dealkylation sites (tertiary alicyclic amines) is 1. The lowest BCUT2D eigenvalue weighted by atomic mass is 10.1. The van der Waals surface area contributed by atoms with E-state index in [9.17, 15) is 18.0 Å². The van der Waals surface area contributed by atoms with Crippen LogP contribution in [0.25, 0.3) is 32.8 Å². The first kappa shape index (κ1) is 31.3. The van der Waals surface area contributed by atoms with Gasteiger partial charge in [0.05, 0.1) is 35.7 Å². The summed E-state index contributed by atoms with van der Waals surface area (Å²) >= 11 is 0. The van der Waals surface area contributed by atoms with Crippen molar-refractivity contribution in [3.8, 4) is 11.1 Å². The van der Waals surface area contributed by atoms with Crippen molar-refractivity contribution in [1.29, 1.82) is 0 Å². The van der Waals surface area contributed by atoms with Crippen molar-refractivity contribution < 1.29 is 17.9 Å². The minimum absolute atomic E-state index is 0.0828. The molecular weight excluding hydrogens is 604 g/mol. The number of carbonyl (C=O) groups excluding carboxylic acids is 1. The molecular formula is C34H36N6O5S. The minimum atomic E-state index is -3.68. The van der Waals surface area contributed by atoms with E-state index in [1.165, 1.54) is 0 Å². The van der Waals surface area contributed by atoms with Crippen LogP contribution in [-0.2, 0) is 27.1 Å². The molecule has 0 atom stereocenters. The topological polar surface area (TPSA) is 136 Å². The highest BCUT2D eigenvalue weighted by Crippen LogP contribution is 2.27. The van der Waals surface area contributed by atoms with Crippen LogP contribution in [-0.4, -0.2) is 57.8 Å². The number of aromatic nitrogens is 4. The van der Waals surface area contributed by atoms with Gasteiger partial charge in [-0.3, -0.25) is 19.4 Å². The van der Waals surface area contributed by atoms with E-state index in [4.69, 9.17) is 4.74 Å². The molecule has 12 heteroatoms. The Labute approximate surface area is 267 Å². The molecule has 238 valence electrons. The molecule has 11 nitrogen and oxygen atoms in total. The average molecular weight is 641 g/mol.